The second-order valence-electron chi connectivity index (χ2n) is 7.27. The Labute approximate surface area is 162 Å². The zero-order valence-corrected chi connectivity index (χ0v) is 15.9. The van der Waals surface area contributed by atoms with Crippen LogP contribution in [0.25, 0.3) is 0 Å². The second kappa shape index (κ2) is 7.38. The Morgan fingerprint density at radius 2 is 1.86 bits per heavy atom. The van der Waals surface area contributed by atoms with E-state index in [1.54, 1.807) is 6.07 Å². The largest absolute Gasteiger partial charge is 0.391 e. The lowest BCUT2D eigenvalue weighted by Gasteiger charge is -2.18. The van der Waals surface area contributed by atoms with Gasteiger partial charge in [0.2, 0.25) is 0 Å². The third kappa shape index (κ3) is 3.74. The van der Waals surface area contributed by atoms with Crippen LogP contribution in [0.2, 0.25) is 0 Å². The second-order valence-corrected chi connectivity index (χ2v) is 9.40. The quantitative estimate of drug-likeness (QED) is 0.805. The predicted octanol–water partition coefficient (Wildman–Crippen LogP) is 2.16. The molecule has 4 rings (SSSR count). The van der Waals surface area contributed by atoms with Gasteiger partial charge in [0.05, 0.1) is 11.0 Å². The molecule has 2 saturated heterocycles. The smallest absolute Gasteiger partial charge is 0.195 e. The first-order valence-electron chi connectivity index (χ1n) is 9.18. The number of β-amino-alcohol motifs (C(OH)–C–C–N with tert-alkyl or cyclic N) is 1. The van der Waals surface area contributed by atoms with Crippen molar-refractivity contribution in [3.63, 3.8) is 0 Å². The van der Waals surface area contributed by atoms with E-state index in [4.69, 9.17) is 0 Å². The van der Waals surface area contributed by atoms with Gasteiger partial charge in [-0.2, -0.15) is 0 Å². The summed E-state index contributed by atoms with van der Waals surface area (Å²) in [5.74, 6) is -0.743. The molecule has 0 spiro atoms. The van der Waals surface area contributed by atoms with Crippen LogP contribution in [0, 0.1) is 11.6 Å². The first kappa shape index (κ1) is 19.2. The number of anilines is 1. The number of pyridine rings is 1. The minimum absolute atomic E-state index is 0.0968. The number of rotatable bonds is 4. The summed E-state index contributed by atoms with van der Waals surface area (Å²) in [6.45, 7) is 1.16. The summed E-state index contributed by atoms with van der Waals surface area (Å²) in [6.07, 6.45) is 2.40. The van der Waals surface area contributed by atoms with Crippen molar-refractivity contribution in [2.45, 2.75) is 41.7 Å². The van der Waals surface area contributed by atoms with Gasteiger partial charge in [0.15, 0.2) is 9.84 Å². The van der Waals surface area contributed by atoms with Crippen LogP contribution in [-0.4, -0.2) is 43.1 Å². The molecule has 3 heterocycles. The summed E-state index contributed by atoms with van der Waals surface area (Å²) in [5, 5.41) is 11.8. The Bertz CT molecular complexity index is 949. The number of sulfone groups is 1. The number of nitrogens with one attached hydrogen (secondary N) is 1. The maximum atomic E-state index is 13.5. The predicted molar refractivity (Wildman–Crippen MR) is 99.5 cm³/mol. The molecule has 2 fully saturated rings. The molecule has 3 atom stereocenters. The van der Waals surface area contributed by atoms with Crippen molar-refractivity contribution in [3.05, 3.63) is 53.7 Å². The summed E-state index contributed by atoms with van der Waals surface area (Å²) in [4.78, 5) is 6.24. The fraction of sp³-hybridized carbons (Fsp3) is 0.421. The summed E-state index contributed by atoms with van der Waals surface area (Å²) in [5.41, 5.74) is 0.399. The molecule has 150 valence electrons. The van der Waals surface area contributed by atoms with Gasteiger partial charge in [0.1, 0.15) is 22.8 Å². The van der Waals surface area contributed by atoms with Crippen LogP contribution >= 0.6 is 0 Å². The molecule has 1 aromatic heterocycles. The zero-order chi connectivity index (χ0) is 19.9. The monoisotopic (exact) mass is 409 g/mol. The van der Waals surface area contributed by atoms with E-state index in [-0.39, 0.29) is 4.90 Å². The minimum atomic E-state index is -3.68. The molecule has 0 radical (unpaired) electrons. The minimum Gasteiger partial charge on any atom is -0.391 e. The molecule has 0 saturated carbocycles. The van der Waals surface area contributed by atoms with Gasteiger partial charge in [-0.25, -0.2) is 22.2 Å². The number of aliphatic hydroxyl groups excluding tert-OH is 1. The summed E-state index contributed by atoms with van der Waals surface area (Å²) in [6, 6.07) is 5.95. The van der Waals surface area contributed by atoms with Gasteiger partial charge in [-0.15, -0.1) is 0 Å². The lowest BCUT2D eigenvalue weighted by atomic mass is 10.1. The molecule has 1 aromatic carbocycles. The van der Waals surface area contributed by atoms with E-state index in [1.807, 2.05) is 4.90 Å². The van der Waals surface area contributed by atoms with E-state index < -0.39 is 39.0 Å². The Balaban J connectivity index is 1.49. The van der Waals surface area contributed by atoms with Crippen LogP contribution < -0.4 is 10.2 Å². The first-order chi connectivity index (χ1) is 13.3. The van der Waals surface area contributed by atoms with Crippen LogP contribution in [-0.2, 0) is 9.84 Å². The number of halogens is 2. The molecule has 6 nitrogen and oxygen atoms in total. The fourth-order valence-electron chi connectivity index (χ4n) is 3.84. The van der Waals surface area contributed by atoms with E-state index in [1.165, 1.54) is 24.4 Å². The molecule has 2 aliphatic rings. The zero-order valence-electron chi connectivity index (χ0n) is 15.1. The lowest BCUT2D eigenvalue weighted by Crippen LogP contribution is -2.32. The number of hydrogen-bond acceptors (Lipinski definition) is 6. The molecule has 28 heavy (non-hydrogen) atoms. The lowest BCUT2D eigenvalue weighted by molar-refractivity contribution is 0.198. The van der Waals surface area contributed by atoms with Crippen LogP contribution in [0.5, 0.6) is 0 Å². The van der Waals surface area contributed by atoms with Crippen LogP contribution in [0.15, 0.2) is 41.4 Å². The molecule has 2 N–H and O–H groups in total. The van der Waals surface area contributed by atoms with E-state index >= 15 is 0 Å². The normalized spacial score (nSPS) is 25.4. The average molecular weight is 409 g/mol. The number of benzene rings is 1. The Morgan fingerprint density at radius 3 is 2.46 bits per heavy atom. The van der Waals surface area contributed by atoms with Gasteiger partial charge >= 0.3 is 0 Å². The first-order valence-corrected chi connectivity index (χ1v) is 10.7. The van der Waals surface area contributed by atoms with E-state index in [0.29, 0.717) is 43.7 Å². The number of aliphatic hydroxyl groups is 1. The van der Waals surface area contributed by atoms with E-state index in [0.717, 1.165) is 6.07 Å². The van der Waals surface area contributed by atoms with Crippen molar-refractivity contribution in [2.24, 2.45) is 0 Å². The van der Waals surface area contributed by atoms with Crippen LogP contribution in [0.3, 0.4) is 0 Å². The number of aromatic nitrogens is 1. The molecule has 9 heteroatoms. The van der Waals surface area contributed by atoms with Gasteiger partial charge in [-0.3, -0.25) is 5.32 Å². The Kier molecular flexibility index (Phi) is 5.07. The van der Waals surface area contributed by atoms with Crippen molar-refractivity contribution in [3.8, 4) is 0 Å². The van der Waals surface area contributed by atoms with E-state index in [2.05, 4.69) is 10.3 Å². The van der Waals surface area contributed by atoms with Gasteiger partial charge in [-0.05, 0) is 49.1 Å². The van der Waals surface area contributed by atoms with Gasteiger partial charge in [-0.1, -0.05) is 0 Å². The molecule has 2 aromatic rings. The third-order valence-electron chi connectivity index (χ3n) is 5.30. The fourth-order valence-corrected chi connectivity index (χ4v) is 5.41. The standard InChI is InChI=1S/C19H21F2N3O3S/c20-13-7-12(8-14(21)9-13)17-2-4-19(23-17)28(26,27)16-1-3-18(22-10-16)24-6-5-15(25)11-24/h1,3,7-10,15,17,19,23,25H,2,4-6,11H2/t15-,17+,19?/m0/s1. The summed E-state index contributed by atoms with van der Waals surface area (Å²) < 4.78 is 52.8. The van der Waals surface area contributed by atoms with Crippen molar-refractivity contribution in [1.82, 2.24) is 10.3 Å². The molecule has 0 aliphatic carbocycles. The van der Waals surface area contributed by atoms with Crippen molar-refractivity contribution >= 4 is 15.7 Å². The molecule has 0 bridgehead atoms. The third-order valence-corrected chi connectivity index (χ3v) is 7.32. The maximum Gasteiger partial charge on any atom is 0.195 e. The highest BCUT2D eigenvalue weighted by atomic mass is 32.2. The number of hydrogen-bond donors (Lipinski definition) is 2. The topological polar surface area (TPSA) is 82.5 Å². The molecular weight excluding hydrogens is 388 g/mol. The van der Waals surface area contributed by atoms with Crippen LogP contribution in [0.4, 0.5) is 14.6 Å². The van der Waals surface area contributed by atoms with Crippen molar-refractivity contribution in [2.75, 3.05) is 18.0 Å². The summed E-state index contributed by atoms with van der Waals surface area (Å²) >= 11 is 0. The SMILES string of the molecule is O=S(=O)(c1ccc(N2CC[C@H](O)C2)nc1)C1CC[C@H](c2cc(F)cc(F)c2)N1. The highest BCUT2D eigenvalue weighted by Crippen LogP contribution is 2.32. The highest BCUT2D eigenvalue weighted by molar-refractivity contribution is 7.92. The van der Waals surface area contributed by atoms with Gasteiger partial charge in [0, 0.05) is 31.4 Å². The molecule has 0 amide bonds. The van der Waals surface area contributed by atoms with Gasteiger partial charge < -0.3 is 10.0 Å². The average Bonchev–Trinajstić information content (AvgIpc) is 3.31. The highest BCUT2D eigenvalue weighted by Gasteiger charge is 2.36. The van der Waals surface area contributed by atoms with Crippen LogP contribution in [0.1, 0.15) is 30.9 Å². The maximum absolute atomic E-state index is 13.5. The van der Waals surface area contributed by atoms with E-state index in [9.17, 15) is 22.3 Å². The molecule has 1 unspecified atom stereocenters. The van der Waals surface area contributed by atoms with Crippen molar-refractivity contribution in [1.29, 1.82) is 0 Å². The van der Waals surface area contributed by atoms with Crippen molar-refractivity contribution < 1.29 is 22.3 Å². The molecule has 2 aliphatic heterocycles. The molecular formula is C19H21F2N3O3S. The van der Waals surface area contributed by atoms with Gasteiger partial charge in [0.25, 0.3) is 0 Å². The summed E-state index contributed by atoms with van der Waals surface area (Å²) in [7, 11) is -3.68. The Morgan fingerprint density at radius 1 is 1.11 bits per heavy atom. The number of nitrogens with zero attached hydrogens (tertiary/aromatic N) is 2. The Hall–Kier alpha value is -2.10.